The Morgan fingerprint density at radius 2 is 2.12 bits per heavy atom. The molecule has 0 aliphatic carbocycles. The third-order valence-electron chi connectivity index (χ3n) is 2.10. The molecule has 0 radical (unpaired) electrons. The highest BCUT2D eigenvalue weighted by Crippen LogP contribution is 2.19. The van der Waals surface area contributed by atoms with E-state index in [9.17, 15) is 14.9 Å². The molecule has 0 saturated heterocycles. The summed E-state index contributed by atoms with van der Waals surface area (Å²) in [7, 11) is 0. The minimum Gasteiger partial charge on any atom is -0.368 e. The number of nitro groups is 1. The van der Waals surface area contributed by atoms with Crippen LogP contribution in [0.4, 0.5) is 11.6 Å². The lowest BCUT2D eigenvalue weighted by Crippen LogP contribution is -2.17. The Hall–Kier alpha value is -2.77. The van der Waals surface area contributed by atoms with Gasteiger partial charge in [0.2, 0.25) is 5.95 Å². The summed E-state index contributed by atoms with van der Waals surface area (Å²) >= 11 is 0. The van der Waals surface area contributed by atoms with Gasteiger partial charge in [0.1, 0.15) is 11.9 Å². The molecule has 86 valence electrons. The zero-order valence-corrected chi connectivity index (χ0v) is 8.48. The number of nitro benzene ring substituents is 1. The molecule has 2 N–H and O–H groups in total. The Kier molecular flexibility index (Phi) is 2.53. The molecule has 1 aromatic carbocycles. The van der Waals surface area contributed by atoms with Crippen molar-refractivity contribution in [2.45, 2.75) is 0 Å². The van der Waals surface area contributed by atoms with Crippen molar-refractivity contribution in [3.8, 4) is 0 Å². The molecule has 0 bridgehead atoms. The quantitative estimate of drug-likeness (QED) is 0.594. The van der Waals surface area contributed by atoms with Crippen molar-refractivity contribution in [2.75, 3.05) is 5.73 Å². The van der Waals surface area contributed by atoms with Gasteiger partial charge in [0.05, 0.1) is 4.92 Å². The maximum atomic E-state index is 11.9. The molecule has 1 heterocycles. The van der Waals surface area contributed by atoms with Gasteiger partial charge in [-0.2, -0.15) is 14.8 Å². The molecule has 0 spiro atoms. The molecule has 0 unspecified atom stereocenters. The number of nitrogen functional groups attached to an aromatic ring is 1. The molecular formula is C9H7N5O3. The molecule has 8 nitrogen and oxygen atoms in total. The van der Waals surface area contributed by atoms with Gasteiger partial charge in [0.15, 0.2) is 0 Å². The van der Waals surface area contributed by atoms with E-state index in [1.807, 2.05) is 0 Å². The minimum absolute atomic E-state index is 0.0882. The van der Waals surface area contributed by atoms with Gasteiger partial charge in [-0.25, -0.2) is 0 Å². The molecule has 0 atom stereocenters. The van der Waals surface area contributed by atoms with Crippen LogP contribution in [-0.4, -0.2) is 25.6 Å². The van der Waals surface area contributed by atoms with E-state index in [0.29, 0.717) is 0 Å². The summed E-state index contributed by atoms with van der Waals surface area (Å²) in [4.78, 5) is 25.6. The van der Waals surface area contributed by atoms with Crippen LogP contribution >= 0.6 is 0 Å². The molecular weight excluding hydrogens is 226 g/mol. The number of nitrogens with zero attached hydrogens (tertiary/aromatic N) is 4. The number of hydrogen-bond acceptors (Lipinski definition) is 6. The summed E-state index contributed by atoms with van der Waals surface area (Å²) in [5, 5.41) is 14.4. The van der Waals surface area contributed by atoms with Gasteiger partial charge in [-0.3, -0.25) is 14.9 Å². The van der Waals surface area contributed by atoms with Gasteiger partial charge >= 0.3 is 0 Å². The molecule has 0 aliphatic rings. The van der Waals surface area contributed by atoms with E-state index in [-0.39, 0.29) is 17.2 Å². The predicted molar refractivity (Wildman–Crippen MR) is 57.3 cm³/mol. The van der Waals surface area contributed by atoms with Gasteiger partial charge in [-0.05, 0) is 6.07 Å². The van der Waals surface area contributed by atoms with Crippen molar-refractivity contribution >= 4 is 17.5 Å². The smallest absolute Gasteiger partial charge is 0.288 e. The largest absolute Gasteiger partial charge is 0.368 e. The van der Waals surface area contributed by atoms with Crippen LogP contribution in [0.1, 0.15) is 10.4 Å². The number of carbonyl (C=O) groups excluding carboxylic acids is 1. The van der Waals surface area contributed by atoms with Gasteiger partial charge in [-0.1, -0.05) is 12.1 Å². The average molecular weight is 233 g/mol. The lowest BCUT2D eigenvalue weighted by Gasteiger charge is -2.02. The van der Waals surface area contributed by atoms with E-state index in [2.05, 4.69) is 10.1 Å². The third-order valence-corrected chi connectivity index (χ3v) is 2.10. The zero-order valence-electron chi connectivity index (χ0n) is 8.48. The molecule has 2 rings (SSSR count). The van der Waals surface area contributed by atoms with Crippen LogP contribution in [0.3, 0.4) is 0 Å². The number of rotatable bonds is 2. The molecule has 8 heteroatoms. The SMILES string of the molecule is Nc1ncnn1C(=O)c1ccccc1[N+](=O)[O-]. The van der Waals surface area contributed by atoms with Crippen LogP contribution in [0.5, 0.6) is 0 Å². The fraction of sp³-hybridized carbons (Fsp3) is 0. The fourth-order valence-electron chi connectivity index (χ4n) is 1.33. The lowest BCUT2D eigenvalue weighted by atomic mass is 10.1. The summed E-state index contributed by atoms with van der Waals surface area (Å²) in [6.45, 7) is 0. The summed E-state index contributed by atoms with van der Waals surface area (Å²) in [5.41, 5.74) is 5.02. The normalized spacial score (nSPS) is 10.1. The average Bonchev–Trinajstić information content (AvgIpc) is 2.74. The van der Waals surface area contributed by atoms with Crippen molar-refractivity contribution in [1.82, 2.24) is 14.8 Å². The molecule has 0 amide bonds. The number of para-hydroxylation sites is 1. The molecule has 0 saturated carbocycles. The molecule has 0 fully saturated rings. The highest BCUT2D eigenvalue weighted by Gasteiger charge is 2.22. The number of hydrogen-bond donors (Lipinski definition) is 1. The summed E-state index contributed by atoms with van der Waals surface area (Å²) < 4.78 is 0.808. The predicted octanol–water partition coefficient (Wildman–Crippen LogP) is 0.457. The Bertz CT molecular complexity index is 592. The molecule has 0 aliphatic heterocycles. The maximum Gasteiger partial charge on any atom is 0.288 e. The second-order valence-electron chi connectivity index (χ2n) is 3.11. The lowest BCUT2D eigenvalue weighted by molar-refractivity contribution is -0.385. The van der Waals surface area contributed by atoms with Crippen LogP contribution in [0.15, 0.2) is 30.6 Å². The molecule has 17 heavy (non-hydrogen) atoms. The number of benzene rings is 1. The summed E-state index contributed by atoms with van der Waals surface area (Å²) in [6, 6.07) is 5.56. The van der Waals surface area contributed by atoms with E-state index >= 15 is 0 Å². The van der Waals surface area contributed by atoms with E-state index in [4.69, 9.17) is 5.73 Å². The van der Waals surface area contributed by atoms with Crippen molar-refractivity contribution < 1.29 is 9.72 Å². The van der Waals surface area contributed by atoms with Gasteiger partial charge in [0.25, 0.3) is 11.6 Å². The second kappa shape index (κ2) is 4.00. The van der Waals surface area contributed by atoms with Crippen LogP contribution in [-0.2, 0) is 0 Å². The first-order valence-corrected chi connectivity index (χ1v) is 4.55. The third kappa shape index (κ3) is 1.83. The first-order chi connectivity index (χ1) is 8.11. The van der Waals surface area contributed by atoms with Gasteiger partial charge < -0.3 is 5.73 Å². The van der Waals surface area contributed by atoms with Crippen LogP contribution in [0, 0.1) is 10.1 Å². The first kappa shape index (κ1) is 10.7. The van der Waals surface area contributed by atoms with Crippen LogP contribution < -0.4 is 5.73 Å². The maximum absolute atomic E-state index is 11.9. The number of nitrogens with two attached hydrogens (primary N) is 1. The van der Waals surface area contributed by atoms with Crippen molar-refractivity contribution in [2.24, 2.45) is 0 Å². The number of aromatic nitrogens is 3. The topological polar surface area (TPSA) is 117 Å². The van der Waals surface area contributed by atoms with Crippen LogP contribution in [0.2, 0.25) is 0 Å². The Morgan fingerprint density at radius 1 is 1.41 bits per heavy atom. The van der Waals surface area contributed by atoms with Gasteiger partial charge in [-0.15, -0.1) is 0 Å². The Morgan fingerprint density at radius 3 is 2.71 bits per heavy atom. The monoisotopic (exact) mass is 233 g/mol. The highest BCUT2D eigenvalue weighted by atomic mass is 16.6. The van der Waals surface area contributed by atoms with Crippen molar-refractivity contribution in [3.05, 3.63) is 46.3 Å². The van der Waals surface area contributed by atoms with Gasteiger partial charge in [0, 0.05) is 6.07 Å². The van der Waals surface area contributed by atoms with Crippen molar-refractivity contribution in [3.63, 3.8) is 0 Å². The Labute approximate surface area is 94.8 Å². The van der Waals surface area contributed by atoms with E-state index in [1.54, 1.807) is 0 Å². The standard InChI is InChI=1S/C9H7N5O3/c10-9-11-5-12-13(9)8(15)6-3-1-2-4-7(6)14(16)17/h1-5H,(H2,10,11,12). The summed E-state index contributed by atoms with van der Waals surface area (Å²) in [5.74, 6) is -0.805. The number of carbonyl (C=O) groups is 1. The Balaban J connectivity index is 2.52. The molecule has 1 aromatic heterocycles. The second-order valence-corrected chi connectivity index (χ2v) is 3.11. The first-order valence-electron chi connectivity index (χ1n) is 4.55. The van der Waals surface area contributed by atoms with Crippen molar-refractivity contribution in [1.29, 1.82) is 0 Å². The van der Waals surface area contributed by atoms with E-state index in [0.717, 1.165) is 11.0 Å². The van der Waals surface area contributed by atoms with Crippen LogP contribution in [0.25, 0.3) is 0 Å². The number of anilines is 1. The summed E-state index contributed by atoms with van der Waals surface area (Å²) in [6.07, 6.45) is 1.10. The fourth-order valence-corrected chi connectivity index (χ4v) is 1.33. The minimum atomic E-state index is -0.688. The zero-order chi connectivity index (χ0) is 12.4. The van der Waals surface area contributed by atoms with E-state index in [1.165, 1.54) is 24.3 Å². The van der Waals surface area contributed by atoms with E-state index < -0.39 is 10.8 Å². The molecule has 2 aromatic rings. The highest BCUT2D eigenvalue weighted by molar-refractivity contribution is 6.00.